The van der Waals surface area contributed by atoms with Crippen molar-refractivity contribution in [1.82, 2.24) is 5.32 Å². The summed E-state index contributed by atoms with van der Waals surface area (Å²) in [6.07, 6.45) is 0.442. The minimum atomic E-state index is -3.57. The Labute approximate surface area is 134 Å². The van der Waals surface area contributed by atoms with Gasteiger partial charge in [-0.3, -0.25) is 4.31 Å². The molecule has 0 radical (unpaired) electrons. The number of carbonyl (C=O) groups excluding carboxylic acids is 1. The molecule has 21 heavy (non-hydrogen) atoms. The Kier molecular flexibility index (Phi) is 6.57. The van der Waals surface area contributed by atoms with Crippen LogP contribution in [0.3, 0.4) is 0 Å². The van der Waals surface area contributed by atoms with E-state index in [4.69, 9.17) is 27.9 Å². The number of sulfonamides is 1. The monoisotopic (exact) mass is 354 g/mol. The first-order chi connectivity index (χ1) is 9.77. The number of anilines is 1. The zero-order chi connectivity index (χ0) is 16.0. The zero-order valence-electron chi connectivity index (χ0n) is 11.6. The fourth-order valence-electron chi connectivity index (χ4n) is 1.59. The average molecular weight is 355 g/mol. The lowest BCUT2D eigenvalue weighted by Gasteiger charge is -2.23. The third kappa shape index (κ3) is 5.26. The molecule has 0 saturated heterocycles. The molecule has 0 saturated carbocycles. The second-order valence-corrected chi connectivity index (χ2v) is 6.75. The van der Waals surface area contributed by atoms with Gasteiger partial charge in [-0.2, -0.15) is 0 Å². The zero-order valence-corrected chi connectivity index (χ0v) is 13.9. The predicted molar refractivity (Wildman–Crippen MR) is 83.7 cm³/mol. The van der Waals surface area contributed by atoms with Gasteiger partial charge in [0.1, 0.15) is 0 Å². The summed E-state index contributed by atoms with van der Waals surface area (Å²) in [5.41, 5.74) is 0.261. The first-order valence-electron chi connectivity index (χ1n) is 6.09. The Bertz CT molecular complexity index is 607. The van der Waals surface area contributed by atoms with Gasteiger partial charge in [0.25, 0.3) is 0 Å². The van der Waals surface area contributed by atoms with E-state index < -0.39 is 16.1 Å². The van der Waals surface area contributed by atoms with E-state index in [-0.39, 0.29) is 35.4 Å². The topological polar surface area (TPSA) is 75.7 Å². The number of rotatable bonds is 6. The van der Waals surface area contributed by atoms with E-state index >= 15 is 0 Å². The Morgan fingerprint density at radius 3 is 2.62 bits per heavy atom. The maximum atomic E-state index is 11.9. The molecule has 1 rings (SSSR count). The van der Waals surface area contributed by atoms with Gasteiger partial charge >= 0.3 is 6.09 Å². The molecule has 1 amide bonds. The predicted octanol–water partition coefficient (Wildman–Crippen LogP) is 2.51. The number of hydrogen-bond acceptors (Lipinski definition) is 4. The molecule has 9 heteroatoms. The summed E-state index contributed by atoms with van der Waals surface area (Å²) < 4.78 is 29.5. The van der Waals surface area contributed by atoms with Gasteiger partial charge in [-0.1, -0.05) is 29.3 Å². The lowest BCUT2D eigenvalue weighted by atomic mass is 10.3. The third-order valence-corrected chi connectivity index (χ3v) is 4.45. The van der Waals surface area contributed by atoms with Crippen LogP contribution in [0.4, 0.5) is 10.5 Å². The van der Waals surface area contributed by atoms with Crippen molar-refractivity contribution in [3.05, 3.63) is 28.2 Å². The molecule has 1 aromatic rings. The molecule has 118 valence electrons. The van der Waals surface area contributed by atoms with Crippen molar-refractivity contribution in [2.75, 3.05) is 30.3 Å². The number of hydrogen-bond donors (Lipinski definition) is 1. The number of nitrogens with zero attached hydrogens (tertiary/aromatic N) is 1. The van der Waals surface area contributed by atoms with E-state index in [0.29, 0.717) is 0 Å². The van der Waals surface area contributed by atoms with Crippen molar-refractivity contribution in [3.8, 4) is 0 Å². The minimum Gasteiger partial charge on any atom is -0.450 e. The highest BCUT2D eigenvalue weighted by Gasteiger charge is 2.21. The Morgan fingerprint density at radius 2 is 2.05 bits per heavy atom. The molecule has 0 aliphatic carbocycles. The van der Waals surface area contributed by atoms with Crippen LogP contribution in [0.25, 0.3) is 0 Å². The summed E-state index contributed by atoms with van der Waals surface area (Å²) in [4.78, 5) is 11.2. The lowest BCUT2D eigenvalue weighted by Crippen LogP contribution is -2.38. The first-order valence-corrected chi connectivity index (χ1v) is 8.70. The van der Waals surface area contributed by atoms with Crippen LogP contribution in [0.1, 0.15) is 6.92 Å². The molecule has 0 bridgehead atoms. The standard InChI is InChI=1S/C12H16Cl2N2O4S/c1-3-20-12(17)15-7-8-16(21(2,18)19)10-6-4-5-9(13)11(10)14/h4-6H,3,7-8H2,1-2H3,(H,15,17). The smallest absolute Gasteiger partial charge is 0.407 e. The molecule has 6 nitrogen and oxygen atoms in total. The van der Waals surface area contributed by atoms with Crippen LogP contribution in [0.2, 0.25) is 10.0 Å². The van der Waals surface area contributed by atoms with E-state index in [1.54, 1.807) is 25.1 Å². The average Bonchev–Trinajstić information content (AvgIpc) is 2.37. The minimum absolute atomic E-state index is 0.0116. The molecule has 0 heterocycles. The molecular weight excluding hydrogens is 339 g/mol. The van der Waals surface area contributed by atoms with E-state index in [2.05, 4.69) is 5.32 Å². The van der Waals surface area contributed by atoms with Gasteiger partial charge in [0.05, 0.1) is 35.1 Å². The molecule has 0 unspecified atom stereocenters. The summed E-state index contributed by atoms with van der Waals surface area (Å²) in [5.74, 6) is 0. The molecule has 0 aliphatic rings. The first kappa shape index (κ1) is 17.9. The van der Waals surface area contributed by atoms with E-state index in [9.17, 15) is 13.2 Å². The SMILES string of the molecule is CCOC(=O)NCCN(c1cccc(Cl)c1Cl)S(C)(=O)=O. The van der Waals surface area contributed by atoms with E-state index in [1.165, 1.54) is 0 Å². The van der Waals surface area contributed by atoms with Gasteiger partial charge in [-0.25, -0.2) is 13.2 Å². The number of amides is 1. The van der Waals surface area contributed by atoms with Crippen LogP contribution in [0.15, 0.2) is 18.2 Å². The highest BCUT2D eigenvalue weighted by Crippen LogP contribution is 2.33. The van der Waals surface area contributed by atoms with Crippen molar-refractivity contribution in [3.63, 3.8) is 0 Å². The molecule has 0 aromatic heterocycles. The summed E-state index contributed by atoms with van der Waals surface area (Å²) in [6, 6.07) is 4.70. The van der Waals surface area contributed by atoms with E-state index in [0.717, 1.165) is 10.6 Å². The molecule has 0 aliphatic heterocycles. The molecular formula is C12H16Cl2N2O4S. The molecule has 0 atom stereocenters. The van der Waals surface area contributed by atoms with Crippen LogP contribution in [0, 0.1) is 0 Å². The number of halogens is 2. The quantitative estimate of drug-likeness (QED) is 0.851. The van der Waals surface area contributed by atoms with Gasteiger partial charge < -0.3 is 10.1 Å². The lowest BCUT2D eigenvalue weighted by molar-refractivity contribution is 0.152. The molecule has 1 N–H and O–H groups in total. The summed E-state index contributed by atoms with van der Waals surface area (Å²) in [7, 11) is -3.57. The number of alkyl carbamates (subject to hydrolysis) is 1. The van der Waals surface area contributed by atoms with Crippen molar-refractivity contribution in [1.29, 1.82) is 0 Å². The van der Waals surface area contributed by atoms with Crippen molar-refractivity contribution in [2.45, 2.75) is 6.92 Å². The van der Waals surface area contributed by atoms with Gasteiger partial charge in [-0.05, 0) is 19.1 Å². The van der Waals surface area contributed by atoms with Crippen LogP contribution < -0.4 is 9.62 Å². The largest absolute Gasteiger partial charge is 0.450 e. The summed E-state index contributed by atoms with van der Waals surface area (Å²) in [5, 5.41) is 2.84. The van der Waals surface area contributed by atoms with Crippen LogP contribution in [-0.4, -0.2) is 40.5 Å². The Balaban J connectivity index is 2.88. The van der Waals surface area contributed by atoms with Crippen molar-refractivity contribution < 1.29 is 17.9 Å². The Hall–Kier alpha value is -1.18. The summed E-state index contributed by atoms with van der Waals surface area (Å²) in [6.45, 7) is 2.00. The van der Waals surface area contributed by atoms with Crippen LogP contribution >= 0.6 is 23.2 Å². The van der Waals surface area contributed by atoms with Crippen molar-refractivity contribution in [2.24, 2.45) is 0 Å². The second-order valence-electron chi connectivity index (χ2n) is 4.06. The maximum absolute atomic E-state index is 11.9. The molecule has 1 aromatic carbocycles. The molecule has 0 spiro atoms. The van der Waals surface area contributed by atoms with Gasteiger partial charge in [0, 0.05) is 6.54 Å². The number of ether oxygens (including phenoxy) is 1. The molecule has 0 fully saturated rings. The van der Waals surface area contributed by atoms with Crippen LogP contribution in [0.5, 0.6) is 0 Å². The fourth-order valence-corrected chi connectivity index (χ4v) is 2.97. The van der Waals surface area contributed by atoms with Gasteiger partial charge in [-0.15, -0.1) is 0 Å². The van der Waals surface area contributed by atoms with E-state index in [1.807, 2.05) is 0 Å². The third-order valence-electron chi connectivity index (χ3n) is 2.46. The fraction of sp³-hybridized carbons (Fsp3) is 0.417. The van der Waals surface area contributed by atoms with Gasteiger partial charge in [0.2, 0.25) is 10.0 Å². The van der Waals surface area contributed by atoms with Crippen LogP contribution in [-0.2, 0) is 14.8 Å². The second kappa shape index (κ2) is 7.72. The normalized spacial score (nSPS) is 11.0. The number of nitrogens with one attached hydrogen (secondary N) is 1. The highest BCUT2D eigenvalue weighted by atomic mass is 35.5. The summed E-state index contributed by atoms with van der Waals surface area (Å²) >= 11 is 11.9. The Morgan fingerprint density at radius 1 is 1.38 bits per heavy atom. The number of benzene rings is 1. The van der Waals surface area contributed by atoms with Gasteiger partial charge in [0.15, 0.2) is 0 Å². The maximum Gasteiger partial charge on any atom is 0.407 e. The van der Waals surface area contributed by atoms with Crippen molar-refractivity contribution >= 4 is 45.0 Å². The highest BCUT2D eigenvalue weighted by molar-refractivity contribution is 7.92. The number of carbonyl (C=O) groups is 1.